The van der Waals surface area contributed by atoms with E-state index in [1.165, 1.54) is 11.3 Å². The molecule has 0 aliphatic carbocycles. The lowest BCUT2D eigenvalue weighted by atomic mass is 10.0. The third-order valence-corrected chi connectivity index (χ3v) is 3.28. The van der Waals surface area contributed by atoms with Crippen molar-refractivity contribution in [3.8, 4) is 0 Å². The van der Waals surface area contributed by atoms with Gasteiger partial charge >= 0.3 is 0 Å². The molecule has 0 unspecified atom stereocenters. The lowest BCUT2D eigenvalue weighted by molar-refractivity contribution is -0.127. The first kappa shape index (κ1) is 12.4. The van der Waals surface area contributed by atoms with Crippen LogP contribution in [0.5, 0.6) is 0 Å². The summed E-state index contributed by atoms with van der Waals surface area (Å²) in [4.78, 5) is 23.9. The van der Waals surface area contributed by atoms with Crippen LogP contribution in [0.25, 0.3) is 0 Å². The number of nitrogens with one attached hydrogen (secondary N) is 2. The van der Waals surface area contributed by atoms with Crippen LogP contribution in [0.1, 0.15) is 18.2 Å². The van der Waals surface area contributed by atoms with Crippen LogP contribution >= 0.6 is 11.3 Å². The Labute approximate surface area is 108 Å². The molecule has 6 nitrogen and oxygen atoms in total. The number of hydrogen-bond donors (Lipinski definition) is 2. The van der Waals surface area contributed by atoms with Crippen LogP contribution < -0.4 is 10.9 Å². The minimum Gasteiger partial charge on any atom is -0.273 e. The average Bonchev–Trinajstić information content (AvgIpc) is 2.94. The Morgan fingerprint density at radius 1 is 1.72 bits per heavy atom. The van der Waals surface area contributed by atoms with Gasteiger partial charge in [0.05, 0.1) is 12.1 Å². The summed E-state index contributed by atoms with van der Waals surface area (Å²) in [5.41, 5.74) is 5.35. The van der Waals surface area contributed by atoms with E-state index in [9.17, 15) is 9.59 Å². The molecule has 0 saturated heterocycles. The maximum Gasteiger partial charge on any atom is 0.249 e. The van der Waals surface area contributed by atoms with Gasteiger partial charge in [0.25, 0.3) is 0 Å². The molecule has 1 atom stereocenters. The fourth-order valence-electron chi connectivity index (χ4n) is 1.49. The van der Waals surface area contributed by atoms with E-state index in [1.54, 1.807) is 13.1 Å². The Bertz CT molecular complexity index is 507. The number of carbonyl (C=O) groups excluding carboxylic acids is 2. The molecule has 1 aromatic rings. The van der Waals surface area contributed by atoms with Crippen LogP contribution in [0, 0.1) is 5.92 Å². The molecule has 2 heterocycles. The Hall–Kier alpha value is -2.02. The first-order chi connectivity index (χ1) is 8.66. The first-order valence-electron chi connectivity index (χ1n) is 5.36. The topological polar surface area (TPSA) is 82.9 Å². The van der Waals surface area contributed by atoms with Crippen LogP contribution in [0.2, 0.25) is 0 Å². The Balaban J connectivity index is 1.82. The molecular formula is C11H12N4O2S. The van der Waals surface area contributed by atoms with Gasteiger partial charge in [-0.2, -0.15) is 10.2 Å². The number of hydrazone groups is 2. The van der Waals surface area contributed by atoms with Gasteiger partial charge in [-0.25, -0.2) is 10.9 Å². The predicted octanol–water partition coefficient (Wildman–Crippen LogP) is 0.710. The third-order valence-electron chi connectivity index (χ3n) is 2.48. The van der Waals surface area contributed by atoms with Crippen molar-refractivity contribution in [1.29, 1.82) is 0 Å². The summed E-state index contributed by atoms with van der Waals surface area (Å²) in [5.74, 6) is -1.04. The van der Waals surface area contributed by atoms with Gasteiger partial charge in [0, 0.05) is 17.0 Å². The monoisotopic (exact) mass is 264 g/mol. The van der Waals surface area contributed by atoms with Gasteiger partial charge in [0.15, 0.2) is 0 Å². The van der Waals surface area contributed by atoms with Gasteiger partial charge in [-0.3, -0.25) is 9.59 Å². The molecule has 0 bridgehead atoms. The molecular weight excluding hydrogens is 252 g/mol. The molecule has 0 spiro atoms. The van der Waals surface area contributed by atoms with Crippen LogP contribution in [0.3, 0.4) is 0 Å². The van der Waals surface area contributed by atoms with Crippen LogP contribution in [-0.4, -0.2) is 23.7 Å². The standard InChI is InChI=1S/C11H12N4O2S/c1-7-9(11(17)15-13-7)5-10(16)14-12-6-8-3-2-4-18-8/h2-4,6,9H,5H2,1H3,(H,14,16)(H,15,17)/b12-6-/t9-/m1/s1. The van der Waals surface area contributed by atoms with E-state index in [1.807, 2.05) is 17.5 Å². The van der Waals surface area contributed by atoms with E-state index in [2.05, 4.69) is 21.1 Å². The molecule has 2 N–H and O–H groups in total. The van der Waals surface area contributed by atoms with Gasteiger partial charge in [0.2, 0.25) is 11.8 Å². The van der Waals surface area contributed by atoms with E-state index < -0.39 is 5.92 Å². The van der Waals surface area contributed by atoms with Crippen molar-refractivity contribution in [2.24, 2.45) is 16.1 Å². The SMILES string of the molecule is CC1=NNC(=O)[C@@H]1CC(=O)N/N=C\c1cccs1. The van der Waals surface area contributed by atoms with Gasteiger partial charge in [-0.05, 0) is 18.4 Å². The highest BCUT2D eigenvalue weighted by Gasteiger charge is 2.28. The molecule has 2 amide bonds. The molecule has 0 saturated carbocycles. The van der Waals surface area contributed by atoms with Crippen LogP contribution in [0.4, 0.5) is 0 Å². The minimum absolute atomic E-state index is 0.0585. The summed E-state index contributed by atoms with van der Waals surface area (Å²) < 4.78 is 0. The first-order valence-corrected chi connectivity index (χ1v) is 6.24. The molecule has 1 aliphatic rings. The zero-order chi connectivity index (χ0) is 13.0. The van der Waals surface area contributed by atoms with Gasteiger partial charge in [-0.15, -0.1) is 11.3 Å². The van der Waals surface area contributed by atoms with Crippen molar-refractivity contribution in [3.63, 3.8) is 0 Å². The average molecular weight is 264 g/mol. The maximum absolute atomic E-state index is 11.6. The second-order valence-corrected chi connectivity index (χ2v) is 4.77. The number of carbonyl (C=O) groups is 2. The van der Waals surface area contributed by atoms with Gasteiger partial charge < -0.3 is 0 Å². The van der Waals surface area contributed by atoms with Crippen molar-refractivity contribution in [3.05, 3.63) is 22.4 Å². The molecule has 0 radical (unpaired) electrons. The molecule has 94 valence electrons. The summed E-state index contributed by atoms with van der Waals surface area (Å²) >= 11 is 1.52. The molecule has 2 rings (SSSR count). The summed E-state index contributed by atoms with van der Waals surface area (Å²) in [6.45, 7) is 1.71. The molecule has 0 fully saturated rings. The highest BCUT2D eigenvalue weighted by molar-refractivity contribution is 7.11. The Morgan fingerprint density at radius 2 is 2.56 bits per heavy atom. The van der Waals surface area contributed by atoms with Crippen molar-refractivity contribution in [2.75, 3.05) is 0 Å². The van der Waals surface area contributed by atoms with E-state index in [-0.39, 0.29) is 18.2 Å². The fourth-order valence-corrected chi connectivity index (χ4v) is 2.08. The van der Waals surface area contributed by atoms with E-state index in [0.29, 0.717) is 5.71 Å². The lowest BCUT2D eigenvalue weighted by Crippen LogP contribution is -2.29. The van der Waals surface area contributed by atoms with E-state index >= 15 is 0 Å². The Morgan fingerprint density at radius 3 is 3.17 bits per heavy atom. The van der Waals surface area contributed by atoms with Crippen LogP contribution in [0.15, 0.2) is 27.7 Å². The summed E-state index contributed by atoms with van der Waals surface area (Å²) in [6.07, 6.45) is 1.63. The quantitative estimate of drug-likeness (QED) is 0.620. The summed E-state index contributed by atoms with van der Waals surface area (Å²) in [7, 11) is 0. The Kier molecular flexibility index (Phi) is 3.83. The second-order valence-electron chi connectivity index (χ2n) is 3.79. The van der Waals surface area contributed by atoms with Crippen LogP contribution in [-0.2, 0) is 9.59 Å². The molecule has 7 heteroatoms. The third kappa shape index (κ3) is 3.01. The zero-order valence-corrected chi connectivity index (χ0v) is 10.5. The van der Waals surface area contributed by atoms with Gasteiger partial charge in [-0.1, -0.05) is 6.07 Å². The second kappa shape index (κ2) is 5.54. The van der Waals surface area contributed by atoms with E-state index in [0.717, 1.165) is 4.88 Å². The number of amides is 2. The molecule has 1 aliphatic heterocycles. The molecule has 18 heavy (non-hydrogen) atoms. The van der Waals surface area contributed by atoms with E-state index in [4.69, 9.17) is 0 Å². The largest absolute Gasteiger partial charge is 0.273 e. The van der Waals surface area contributed by atoms with Crippen molar-refractivity contribution in [2.45, 2.75) is 13.3 Å². The van der Waals surface area contributed by atoms with Crippen molar-refractivity contribution >= 4 is 35.1 Å². The van der Waals surface area contributed by atoms with Crippen molar-refractivity contribution in [1.82, 2.24) is 10.9 Å². The van der Waals surface area contributed by atoms with Gasteiger partial charge in [0.1, 0.15) is 0 Å². The normalized spacial score (nSPS) is 18.8. The van der Waals surface area contributed by atoms with Crippen molar-refractivity contribution < 1.29 is 9.59 Å². The zero-order valence-electron chi connectivity index (χ0n) is 9.71. The number of nitrogens with zero attached hydrogens (tertiary/aromatic N) is 2. The number of thiophene rings is 1. The summed E-state index contributed by atoms with van der Waals surface area (Å²) in [5, 5.41) is 9.52. The fraction of sp³-hybridized carbons (Fsp3) is 0.273. The molecule has 1 aromatic heterocycles. The summed E-state index contributed by atoms with van der Waals surface area (Å²) in [6, 6.07) is 3.79. The number of hydrogen-bond acceptors (Lipinski definition) is 5. The number of rotatable bonds is 4. The highest BCUT2D eigenvalue weighted by Crippen LogP contribution is 2.11. The smallest absolute Gasteiger partial charge is 0.249 e. The molecule has 0 aromatic carbocycles. The highest BCUT2D eigenvalue weighted by atomic mass is 32.1. The maximum atomic E-state index is 11.6. The lowest BCUT2D eigenvalue weighted by Gasteiger charge is -2.05. The minimum atomic E-state index is -0.484. The predicted molar refractivity (Wildman–Crippen MR) is 69.4 cm³/mol.